The Kier molecular flexibility index (Phi) is 9.91. The average molecular weight is 609 g/mol. The Balaban J connectivity index is 3.01. The minimum absolute atomic E-state index is 0.159. The molecule has 0 aliphatic heterocycles. The number of carbonyl (C=O) groups is 1. The number of aliphatic hydroxyl groups excluding tert-OH is 1. The maximum Gasteiger partial charge on any atom is 0.306 e. The first kappa shape index (κ1) is 33.6. The lowest BCUT2D eigenvalue weighted by Gasteiger charge is -2.44. The SMILES string of the molecule is [2H]C(C)(C)S(=O)(=O)N(C)c1nc(-c2ccc(F)c(C)c2)c(/C(C)=C/[C@@H](O)C(C)(C)[C@](C)(CC(=O)O)OC)c(C(C)(C)C)n1. The summed E-state index contributed by atoms with van der Waals surface area (Å²) in [4.78, 5) is 21.0. The summed E-state index contributed by atoms with van der Waals surface area (Å²) in [6, 6.07) is 4.44. The number of carboxylic acids is 1. The van der Waals surface area contributed by atoms with E-state index in [0.29, 0.717) is 33.7 Å². The topological polar surface area (TPSA) is 130 Å². The molecule has 2 N–H and O–H groups in total. The summed E-state index contributed by atoms with van der Waals surface area (Å²) in [6.45, 7) is 16.6. The number of anilines is 1. The third-order valence-corrected chi connectivity index (χ3v) is 9.96. The van der Waals surface area contributed by atoms with Crippen molar-refractivity contribution in [1.29, 1.82) is 0 Å². The number of hydrogen-bond acceptors (Lipinski definition) is 7. The molecule has 1 heterocycles. The van der Waals surface area contributed by atoms with Crippen molar-refractivity contribution < 1.29 is 33.9 Å². The van der Waals surface area contributed by atoms with Gasteiger partial charge in [0, 0.05) is 37.5 Å². The third-order valence-electron chi connectivity index (χ3n) is 8.04. The molecule has 0 radical (unpaired) electrons. The van der Waals surface area contributed by atoms with Crippen LogP contribution >= 0.6 is 0 Å². The van der Waals surface area contributed by atoms with Gasteiger partial charge in [0.15, 0.2) is 0 Å². The van der Waals surface area contributed by atoms with Gasteiger partial charge >= 0.3 is 5.97 Å². The van der Waals surface area contributed by atoms with Gasteiger partial charge in [0.2, 0.25) is 16.0 Å². The quantitative estimate of drug-likeness (QED) is 0.331. The number of allylic oxidation sites excluding steroid dienone is 1. The average Bonchev–Trinajstić information content (AvgIpc) is 2.87. The van der Waals surface area contributed by atoms with Crippen LogP contribution < -0.4 is 4.31 Å². The summed E-state index contributed by atoms with van der Waals surface area (Å²) in [5.41, 5.74) is -0.337. The molecular formula is C31H46FN3O6S. The van der Waals surface area contributed by atoms with Crippen LogP contribution in [0.2, 0.25) is 0 Å². The minimum atomic E-state index is -4.21. The van der Waals surface area contributed by atoms with Gasteiger partial charge in [0.25, 0.3) is 0 Å². The second-order valence-electron chi connectivity index (χ2n) is 12.7. The Hall–Kier alpha value is -2.89. The van der Waals surface area contributed by atoms with E-state index in [0.717, 1.165) is 4.31 Å². The lowest BCUT2D eigenvalue weighted by Crippen LogP contribution is -2.51. The first-order chi connectivity index (χ1) is 19.3. The van der Waals surface area contributed by atoms with Gasteiger partial charge in [-0.1, -0.05) is 40.7 Å². The zero-order chi connectivity index (χ0) is 33.5. The van der Waals surface area contributed by atoms with E-state index in [-0.39, 0.29) is 12.4 Å². The lowest BCUT2D eigenvalue weighted by molar-refractivity contribution is -0.160. The summed E-state index contributed by atoms with van der Waals surface area (Å²) >= 11 is 0. The highest BCUT2D eigenvalue weighted by molar-refractivity contribution is 7.93. The van der Waals surface area contributed by atoms with Crippen molar-refractivity contribution in [2.24, 2.45) is 5.41 Å². The van der Waals surface area contributed by atoms with Crippen LogP contribution in [0.25, 0.3) is 16.8 Å². The highest BCUT2D eigenvalue weighted by atomic mass is 32.2. The standard InChI is InChI=1S/C31H46FN3O6S/c1-18(2)42(39,40)35(11)28-33-26(21-13-14-22(32)19(3)15-21)25(27(34-28)29(5,6)7)20(4)16-23(36)30(8,9)31(10,41-12)17-24(37)38/h13-16,18,23,36H,17H2,1-12H3,(H,37,38)/b20-16+/t23-,31+/m1/s1/i18D. The molecule has 1 aromatic heterocycles. The Morgan fingerprint density at radius 2 is 1.76 bits per heavy atom. The number of aliphatic carboxylic acids is 1. The summed E-state index contributed by atoms with van der Waals surface area (Å²) in [5, 5.41) is 19.1. The Morgan fingerprint density at radius 1 is 1.19 bits per heavy atom. The van der Waals surface area contributed by atoms with Crippen molar-refractivity contribution >= 4 is 27.5 Å². The fraction of sp³-hybridized carbons (Fsp3) is 0.581. The molecule has 0 saturated heterocycles. The van der Waals surface area contributed by atoms with Crippen LogP contribution in [-0.2, 0) is 25.0 Å². The van der Waals surface area contributed by atoms with Crippen LogP contribution in [0.3, 0.4) is 0 Å². The molecule has 0 amide bonds. The largest absolute Gasteiger partial charge is 0.481 e. The summed E-state index contributed by atoms with van der Waals surface area (Å²) in [6.07, 6.45) is 0.0397. The number of aliphatic hydroxyl groups is 1. The molecule has 0 unspecified atom stereocenters. The van der Waals surface area contributed by atoms with Crippen LogP contribution in [0, 0.1) is 18.2 Å². The molecule has 11 heteroatoms. The van der Waals surface area contributed by atoms with E-state index < -0.39 is 49.6 Å². The molecule has 0 aliphatic rings. The van der Waals surface area contributed by atoms with Gasteiger partial charge in [0.05, 0.1) is 34.7 Å². The molecule has 0 fully saturated rings. The number of sulfonamides is 1. The molecule has 2 aromatic rings. The predicted octanol–water partition coefficient (Wildman–Crippen LogP) is 5.73. The van der Waals surface area contributed by atoms with Crippen molar-refractivity contribution in [2.45, 2.75) is 98.0 Å². The molecular weight excluding hydrogens is 561 g/mol. The number of halogens is 1. The number of ether oxygens (including phenoxy) is 1. The zero-order valence-electron chi connectivity index (χ0n) is 27.7. The van der Waals surface area contributed by atoms with Crippen LogP contribution in [0.4, 0.5) is 10.3 Å². The van der Waals surface area contributed by atoms with Gasteiger partial charge in [-0.25, -0.2) is 27.1 Å². The van der Waals surface area contributed by atoms with E-state index in [1.54, 1.807) is 46.8 Å². The van der Waals surface area contributed by atoms with E-state index in [2.05, 4.69) is 4.98 Å². The maximum atomic E-state index is 14.3. The van der Waals surface area contributed by atoms with Crippen molar-refractivity contribution in [3.8, 4) is 11.3 Å². The lowest BCUT2D eigenvalue weighted by atomic mass is 9.69. The molecule has 2 rings (SSSR count). The van der Waals surface area contributed by atoms with Crippen molar-refractivity contribution in [2.75, 3.05) is 18.5 Å². The molecule has 42 heavy (non-hydrogen) atoms. The third kappa shape index (κ3) is 7.01. The van der Waals surface area contributed by atoms with Gasteiger partial charge in [-0.2, -0.15) is 0 Å². The summed E-state index contributed by atoms with van der Waals surface area (Å²) in [5.74, 6) is -1.66. The summed E-state index contributed by atoms with van der Waals surface area (Å²) < 4.78 is 55.5. The molecule has 0 aliphatic carbocycles. The monoisotopic (exact) mass is 608 g/mol. The highest BCUT2D eigenvalue weighted by Crippen LogP contribution is 2.43. The van der Waals surface area contributed by atoms with Gasteiger partial charge < -0.3 is 14.9 Å². The smallest absolute Gasteiger partial charge is 0.306 e. The number of rotatable bonds is 11. The molecule has 1 aromatic carbocycles. The second kappa shape index (κ2) is 12.4. The number of aromatic nitrogens is 2. The van der Waals surface area contributed by atoms with E-state index >= 15 is 0 Å². The van der Waals surface area contributed by atoms with Crippen LogP contribution in [0.5, 0.6) is 0 Å². The van der Waals surface area contributed by atoms with Crippen molar-refractivity contribution in [3.63, 3.8) is 0 Å². The zero-order valence-corrected chi connectivity index (χ0v) is 27.6. The van der Waals surface area contributed by atoms with E-state index in [1.165, 1.54) is 40.1 Å². The van der Waals surface area contributed by atoms with Crippen LogP contribution in [-0.4, -0.2) is 65.7 Å². The fourth-order valence-electron chi connectivity index (χ4n) is 4.58. The number of nitrogens with zero attached hydrogens (tertiary/aromatic N) is 3. The Morgan fingerprint density at radius 3 is 2.21 bits per heavy atom. The van der Waals surface area contributed by atoms with Gasteiger partial charge in [-0.05, 0) is 64.0 Å². The number of benzene rings is 1. The summed E-state index contributed by atoms with van der Waals surface area (Å²) in [7, 11) is -1.52. The second-order valence-corrected chi connectivity index (χ2v) is 15.0. The Labute approximate surface area is 251 Å². The minimum Gasteiger partial charge on any atom is -0.481 e. The molecule has 2 atom stereocenters. The molecule has 0 saturated carbocycles. The highest BCUT2D eigenvalue weighted by Gasteiger charge is 2.47. The van der Waals surface area contributed by atoms with Gasteiger partial charge in [-0.3, -0.25) is 4.79 Å². The number of carboxylic acid groups (broad SMARTS) is 1. The first-order valence-electron chi connectivity index (χ1n) is 14.1. The number of methoxy groups -OCH3 is 1. The Bertz CT molecular complexity index is 1510. The van der Waals surface area contributed by atoms with Crippen molar-refractivity contribution in [1.82, 2.24) is 9.97 Å². The number of aryl methyl sites for hydroxylation is 1. The van der Waals surface area contributed by atoms with E-state index in [9.17, 15) is 27.8 Å². The normalized spacial score (nSPS) is 16.0. The maximum absolute atomic E-state index is 14.3. The van der Waals surface area contributed by atoms with Crippen molar-refractivity contribution in [3.05, 3.63) is 46.9 Å². The van der Waals surface area contributed by atoms with Gasteiger partial charge in [-0.15, -0.1) is 0 Å². The van der Waals surface area contributed by atoms with Gasteiger partial charge in [0.1, 0.15) is 5.82 Å². The van der Waals surface area contributed by atoms with E-state index in [1.807, 2.05) is 20.8 Å². The molecule has 0 spiro atoms. The fourth-order valence-corrected chi connectivity index (χ4v) is 5.43. The van der Waals surface area contributed by atoms with E-state index in [4.69, 9.17) is 11.1 Å². The van der Waals surface area contributed by atoms with Crippen LogP contribution in [0.15, 0.2) is 24.3 Å². The number of hydrogen-bond donors (Lipinski definition) is 2. The van der Waals surface area contributed by atoms with Crippen LogP contribution in [0.1, 0.15) is 86.9 Å². The first-order valence-corrected chi connectivity index (χ1v) is 15.1. The predicted molar refractivity (Wildman–Crippen MR) is 164 cm³/mol. The molecule has 9 nitrogen and oxygen atoms in total. The molecule has 234 valence electrons. The molecule has 0 bridgehead atoms.